The van der Waals surface area contributed by atoms with Crippen LogP contribution >= 0.6 is 11.3 Å². The molecule has 10 nitrogen and oxygen atoms in total. The van der Waals surface area contributed by atoms with E-state index in [0.29, 0.717) is 17.4 Å². The number of benzene rings is 2. The Labute approximate surface area is 253 Å². The monoisotopic (exact) mass is 626 g/mol. The summed E-state index contributed by atoms with van der Waals surface area (Å²) in [6.45, 7) is 5.06. The normalized spacial score (nSPS) is 14.2. The van der Waals surface area contributed by atoms with Crippen molar-refractivity contribution in [2.24, 2.45) is 4.99 Å². The SMILES string of the molecule is COC(=O)C[C@@H]1N=C(c2ccc(-c3ccc(OCC(=O)OC(=O)C(F)(F)F)cc3)cc2)c2c(sc(C)c2C)-n2c(C)nnc21. The molecule has 0 radical (unpaired) electrons. The number of aromatic nitrogens is 3. The van der Waals surface area contributed by atoms with Crippen LogP contribution in [-0.4, -0.2) is 58.3 Å². The molecule has 0 fully saturated rings. The van der Waals surface area contributed by atoms with E-state index in [4.69, 9.17) is 14.5 Å². The summed E-state index contributed by atoms with van der Waals surface area (Å²) in [5, 5.41) is 9.55. The number of thiophene rings is 1. The maximum Gasteiger partial charge on any atom is 0.491 e. The third kappa shape index (κ3) is 6.11. The number of aliphatic imine (C=N–C) groups is 1. The zero-order chi connectivity index (χ0) is 31.8. The van der Waals surface area contributed by atoms with E-state index in [2.05, 4.69) is 14.9 Å². The summed E-state index contributed by atoms with van der Waals surface area (Å²) >= 11 is 1.61. The van der Waals surface area contributed by atoms with Gasteiger partial charge in [0, 0.05) is 16.0 Å². The lowest BCUT2D eigenvalue weighted by Crippen LogP contribution is -2.30. The second-order valence-electron chi connectivity index (χ2n) is 9.83. The molecule has 0 saturated heterocycles. The lowest BCUT2D eigenvalue weighted by Gasteiger charge is -2.12. The highest BCUT2D eigenvalue weighted by atomic mass is 32.1. The summed E-state index contributed by atoms with van der Waals surface area (Å²) in [6, 6.07) is 13.6. The van der Waals surface area contributed by atoms with Gasteiger partial charge in [0.2, 0.25) is 0 Å². The van der Waals surface area contributed by atoms with Gasteiger partial charge in [-0.3, -0.25) is 14.4 Å². The van der Waals surface area contributed by atoms with Crippen molar-refractivity contribution in [1.29, 1.82) is 0 Å². The zero-order valence-electron chi connectivity index (χ0n) is 23.9. The molecular formula is C30H25F3N4O6S. The predicted octanol–water partition coefficient (Wildman–Crippen LogP) is 5.39. The number of methoxy groups -OCH3 is 1. The highest BCUT2D eigenvalue weighted by molar-refractivity contribution is 7.15. The van der Waals surface area contributed by atoms with E-state index in [9.17, 15) is 27.6 Å². The van der Waals surface area contributed by atoms with Gasteiger partial charge < -0.3 is 14.2 Å². The molecule has 5 rings (SSSR count). The summed E-state index contributed by atoms with van der Waals surface area (Å²) in [6.07, 6.45) is -5.28. The lowest BCUT2D eigenvalue weighted by molar-refractivity contribution is -0.202. The average molecular weight is 627 g/mol. The third-order valence-corrected chi connectivity index (χ3v) is 8.16. The van der Waals surface area contributed by atoms with E-state index >= 15 is 0 Å². The number of ether oxygens (including phenoxy) is 3. The molecule has 0 aliphatic carbocycles. The molecule has 2 aromatic heterocycles. The fraction of sp³-hybridized carbons (Fsp3) is 0.267. The Morgan fingerprint density at radius 2 is 1.52 bits per heavy atom. The van der Waals surface area contributed by atoms with E-state index in [1.807, 2.05) is 49.6 Å². The van der Waals surface area contributed by atoms with E-state index in [1.54, 1.807) is 23.5 Å². The van der Waals surface area contributed by atoms with Crippen molar-refractivity contribution < 1.29 is 41.8 Å². The molecule has 2 aromatic carbocycles. The Morgan fingerprint density at radius 1 is 0.909 bits per heavy atom. The summed E-state index contributed by atoms with van der Waals surface area (Å²) in [4.78, 5) is 40.8. The molecule has 0 unspecified atom stereocenters. The minimum Gasteiger partial charge on any atom is -0.482 e. The predicted molar refractivity (Wildman–Crippen MR) is 153 cm³/mol. The smallest absolute Gasteiger partial charge is 0.482 e. The third-order valence-electron chi connectivity index (χ3n) is 6.97. The Morgan fingerprint density at radius 3 is 2.14 bits per heavy atom. The number of nitrogens with zero attached hydrogens (tertiary/aromatic N) is 4. The number of carbonyl (C=O) groups excluding carboxylic acids is 3. The molecule has 44 heavy (non-hydrogen) atoms. The summed E-state index contributed by atoms with van der Waals surface area (Å²) in [5.74, 6) is -3.04. The van der Waals surface area contributed by atoms with Gasteiger partial charge in [-0.1, -0.05) is 36.4 Å². The van der Waals surface area contributed by atoms with Crippen LogP contribution in [0.25, 0.3) is 16.1 Å². The highest BCUT2D eigenvalue weighted by Gasteiger charge is 2.42. The molecular weight excluding hydrogens is 601 g/mol. The number of rotatable bonds is 7. The highest BCUT2D eigenvalue weighted by Crippen LogP contribution is 2.39. The second kappa shape index (κ2) is 12.0. The molecule has 228 valence electrons. The molecule has 1 aliphatic rings. The lowest BCUT2D eigenvalue weighted by atomic mass is 9.97. The van der Waals surface area contributed by atoms with Gasteiger partial charge in [-0.15, -0.1) is 21.5 Å². The number of hydrogen-bond acceptors (Lipinski definition) is 10. The Hall–Kier alpha value is -4.85. The maximum absolute atomic E-state index is 12.3. The topological polar surface area (TPSA) is 122 Å². The molecule has 0 saturated carbocycles. The quantitative estimate of drug-likeness (QED) is 0.198. The first-order valence-corrected chi connectivity index (χ1v) is 14.0. The van der Waals surface area contributed by atoms with Crippen LogP contribution in [0.4, 0.5) is 13.2 Å². The van der Waals surface area contributed by atoms with Gasteiger partial charge in [-0.05, 0) is 49.6 Å². The van der Waals surface area contributed by atoms with Crippen molar-refractivity contribution >= 4 is 35.0 Å². The number of hydrogen-bond donors (Lipinski definition) is 0. The van der Waals surface area contributed by atoms with Gasteiger partial charge in [0.15, 0.2) is 12.4 Å². The van der Waals surface area contributed by atoms with Gasteiger partial charge in [0.25, 0.3) is 0 Å². The van der Waals surface area contributed by atoms with Crippen LogP contribution in [0, 0.1) is 20.8 Å². The summed E-state index contributed by atoms with van der Waals surface area (Å²) in [5.41, 5.74) is 5.19. The molecule has 0 N–H and O–H groups in total. The van der Waals surface area contributed by atoms with Crippen LogP contribution in [0.2, 0.25) is 0 Å². The van der Waals surface area contributed by atoms with Crippen LogP contribution in [0.3, 0.4) is 0 Å². The van der Waals surface area contributed by atoms with Crippen molar-refractivity contribution in [2.75, 3.05) is 13.7 Å². The van der Waals surface area contributed by atoms with E-state index in [-0.39, 0.29) is 12.2 Å². The first-order valence-electron chi connectivity index (χ1n) is 13.2. The van der Waals surface area contributed by atoms with E-state index < -0.39 is 36.7 Å². The Bertz CT molecular complexity index is 1780. The van der Waals surface area contributed by atoms with Crippen molar-refractivity contribution in [3.05, 3.63) is 81.7 Å². The standard InChI is InChI=1S/C30H25F3N4O6S/c1-15-16(2)44-28-25(15)26(34-22(13-23(38)41-4)27-36-35-17(3)37(27)28)20-7-5-18(6-8-20)19-9-11-21(12-10-19)42-14-24(39)43-29(40)30(31,32)33/h5-12,22H,13-14H2,1-4H3/t22-/m0/s1. The molecule has 0 amide bonds. The summed E-state index contributed by atoms with van der Waals surface area (Å²) < 4.78 is 52.5. The van der Waals surface area contributed by atoms with E-state index in [1.165, 1.54) is 19.2 Å². The molecule has 1 aliphatic heterocycles. The first kappa shape index (κ1) is 30.6. The molecule has 3 heterocycles. The van der Waals surface area contributed by atoms with Crippen LogP contribution in [-0.2, 0) is 23.9 Å². The van der Waals surface area contributed by atoms with Gasteiger partial charge in [-0.2, -0.15) is 13.2 Å². The van der Waals surface area contributed by atoms with Crippen molar-refractivity contribution in [2.45, 2.75) is 39.4 Å². The number of fused-ring (bicyclic) bond motifs is 3. The largest absolute Gasteiger partial charge is 0.491 e. The molecule has 0 bridgehead atoms. The molecule has 14 heteroatoms. The first-order chi connectivity index (χ1) is 20.9. The minimum atomic E-state index is -5.27. The van der Waals surface area contributed by atoms with Crippen molar-refractivity contribution in [3.8, 4) is 21.9 Å². The molecule has 4 aromatic rings. The van der Waals surface area contributed by atoms with Crippen molar-refractivity contribution in [1.82, 2.24) is 14.8 Å². The zero-order valence-corrected chi connectivity index (χ0v) is 24.7. The number of esters is 3. The second-order valence-corrected chi connectivity index (χ2v) is 11.0. The Kier molecular flexibility index (Phi) is 8.37. The number of halogens is 3. The van der Waals surface area contributed by atoms with Gasteiger partial charge >= 0.3 is 24.1 Å². The molecule has 1 atom stereocenters. The van der Waals surface area contributed by atoms with Gasteiger partial charge in [-0.25, -0.2) is 9.59 Å². The van der Waals surface area contributed by atoms with Crippen LogP contribution in [0.5, 0.6) is 5.75 Å². The number of aryl methyl sites for hydroxylation is 2. The van der Waals surface area contributed by atoms with Crippen molar-refractivity contribution in [3.63, 3.8) is 0 Å². The van der Waals surface area contributed by atoms with Crippen LogP contribution in [0.15, 0.2) is 53.5 Å². The van der Waals surface area contributed by atoms with Crippen LogP contribution < -0.4 is 4.74 Å². The fourth-order valence-electron chi connectivity index (χ4n) is 4.66. The van der Waals surface area contributed by atoms with Gasteiger partial charge in [0.05, 0.1) is 19.2 Å². The summed E-state index contributed by atoms with van der Waals surface area (Å²) in [7, 11) is 1.33. The van der Waals surface area contributed by atoms with Crippen LogP contribution in [0.1, 0.15) is 45.7 Å². The number of carbonyl (C=O) groups is 3. The maximum atomic E-state index is 12.3. The molecule has 0 spiro atoms. The Balaban J connectivity index is 1.40. The van der Waals surface area contributed by atoms with E-state index in [0.717, 1.165) is 37.7 Å². The minimum absolute atomic E-state index is 0.00599. The fourth-order valence-corrected chi connectivity index (χ4v) is 5.88. The van der Waals surface area contributed by atoms with Gasteiger partial charge in [0.1, 0.15) is 22.6 Å². The number of alkyl halides is 3. The average Bonchev–Trinajstić information content (AvgIpc) is 3.47.